The fraction of sp³-hybridized carbons (Fsp3) is 0.167. The fourth-order valence-corrected chi connectivity index (χ4v) is 4.30. The van der Waals surface area contributed by atoms with Gasteiger partial charge in [-0.05, 0) is 36.8 Å². The van der Waals surface area contributed by atoms with E-state index in [0.717, 1.165) is 11.3 Å². The SMILES string of the molecule is CCC(C(=O)O)n1/c(=N/C(=O)c2cc(Cl)cc(Cl)c2)sc2c(F)cccc21. The van der Waals surface area contributed by atoms with E-state index in [1.807, 2.05) is 0 Å². The van der Waals surface area contributed by atoms with Gasteiger partial charge in [-0.3, -0.25) is 4.79 Å². The van der Waals surface area contributed by atoms with Gasteiger partial charge >= 0.3 is 5.97 Å². The molecule has 0 spiro atoms. The van der Waals surface area contributed by atoms with Crippen LogP contribution in [-0.2, 0) is 4.79 Å². The minimum atomic E-state index is -1.10. The molecule has 1 unspecified atom stereocenters. The van der Waals surface area contributed by atoms with E-state index in [1.165, 1.54) is 34.9 Å². The largest absolute Gasteiger partial charge is 0.480 e. The zero-order chi connectivity index (χ0) is 19.7. The number of aromatic nitrogens is 1. The number of carboxylic acids is 1. The van der Waals surface area contributed by atoms with Gasteiger partial charge in [0.15, 0.2) is 4.80 Å². The van der Waals surface area contributed by atoms with Crippen LogP contribution in [0.15, 0.2) is 41.4 Å². The van der Waals surface area contributed by atoms with Gasteiger partial charge in [0.25, 0.3) is 5.91 Å². The maximum Gasteiger partial charge on any atom is 0.326 e. The summed E-state index contributed by atoms with van der Waals surface area (Å²) in [5.74, 6) is -2.26. The summed E-state index contributed by atoms with van der Waals surface area (Å²) >= 11 is 12.8. The van der Waals surface area contributed by atoms with Gasteiger partial charge in [-0.25, -0.2) is 9.18 Å². The first-order chi connectivity index (χ1) is 12.8. The number of amides is 1. The summed E-state index contributed by atoms with van der Waals surface area (Å²) in [5.41, 5.74) is 0.519. The van der Waals surface area contributed by atoms with Gasteiger partial charge in [0.05, 0.1) is 10.2 Å². The van der Waals surface area contributed by atoms with Crippen LogP contribution in [0.4, 0.5) is 4.39 Å². The van der Waals surface area contributed by atoms with Crippen LogP contribution in [0.3, 0.4) is 0 Å². The molecule has 3 aromatic rings. The van der Waals surface area contributed by atoms with Crippen molar-refractivity contribution in [2.45, 2.75) is 19.4 Å². The maximum absolute atomic E-state index is 14.2. The minimum absolute atomic E-state index is 0.0884. The lowest BCUT2D eigenvalue weighted by Gasteiger charge is -2.13. The van der Waals surface area contributed by atoms with Gasteiger partial charge in [-0.1, -0.05) is 47.5 Å². The number of carboxylic acid groups (broad SMARTS) is 1. The Kier molecular flexibility index (Phi) is 5.64. The van der Waals surface area contributed by atoms with Crippen molar-refractivity contribution >= 4 is 56.6 Å². The van der Waals surface area contributed by atoms with Crippen LogP contribution in [0.5, 0.6) is 0 Å². The molecule has 1 heterocycles. The Labute approximate surface area is 167 Å². The zero-order valence-electron chi connectivity index (χ0n) is 13.9. The Morgan fingerprint density at radius 3 is 2.52 bits per heavy atom. The number of thiazole rings is 1. The van der Waals surface area contributed by atoms with Crippen molar-refractivity contribution < 1.29 is 19.1 Å². The molecule has 9 heteroatoms. The van der Waals surface area contributed by atoms with Gasteiger partial charge in [-0.2, -0.15) is 4.99 Å². The molecule has 1 N–H and O–H groups in total. The first-order valence-corrected chi connectivity index (χ1v) is 9.46. The van der Waals surface area contributed by atoms with Crippen LogP contribution in [-0.4, -0.2) is 21.6 Å². The van der Waals surface area contributed by atoms with E-state index in [1.54, 1.807) is 13.0 Å². The number of aliphatic carboxylic acids is 1. The molecule has 1 amide bonds. The van der Waals surface area contributed by atoms with Crippen molar-refractivity contribution in [2.75, 3.05) is 0 Å². The van der Waals surface area contributed by atoms with E-state index >= 15 is 0 Å². The normalized spacial score (nSPS) is 13.1. The average molecular weight is 427 g/mol. The fourth-order valence-electron chi connectivity index (χ4n) is 2.71. The summed E-state index contributed by atoms with van der Waals surface area (Å²) in [4.78, 5) is 28.4. The van der Waals surface area contributed by atoms with Gasteiger partial charge in [0.2, 0.25) is 0 Å². The first kappa shape index (κ1) is 19.5. The first-order valence-electron chi connectivity index (χ1n) is 7.89. The highest BCUT2D eigenvalue weighted by atomic mass is 35.5. The van der Waals surface area contributed by atoms with Crippen molar-refractivity contribution in [3.63, 3.8) is 0 Å². The molecule has 0 bridgehead atoms. The lowest BCUT2D eigenvalue weighted by molar-refractivity contribution is -0.140. The lowest BCUT2D eigenvalue weighted by atomic mass is 10.2. The summed E-state index contributed by atoms with van der Waals surface area (Å²) in [6.45, 7) is 1.69. The standard InChI is InChI=1S/C18H13Cl2FN2O3S/c1-2-13(17(25)26)23-14-5-3-4-12(21)15(14)27-18(23)22-16(24)9-6-10(19)8-11(20)7-9/h3-8,13H,2H2,1H3,(H,25,26)/b22-18-. The summed E-state index contributed by atoms with van der Waals surface area (Å²) in [6.07, 6.45) is 0.238. The topological polar surface area (TPSA) is 71.7 Å². The van der Waals surface area contributed by atoms with Crippen molar-refractivity contribution in [3.8, 4) is 0 Å². The molecule has 2 aromatic carbocycles. The number of nitrogens with zero attached hydrogens (tertiary/aromatic N) is 2. The average Bonchev–Trinajstić information content (AvgIpc) is 2.94. The third kappa shape index (κ3) is 3.90. The second-order valence-corrected chi connectivity index (χ2v) is 7.53. The Balaban J connectivity index is 2.26. The molecule has 27 heavy (non-hydrogen) atoms. The van der Waals surface area contributed by atoms with Crippen LogP contribution >= 0.6 is 34.5 Å². The number of benzene rings is 2. The lowest BCUT2D eigenvalue weighted by Crippen LogP contribution is -2.27. The molecule has 3 rings (SSSR count). The predicted octanol–water partition coefficient (Wildman–Crippen LogP) is 4.93. The quantitative estimate of drug-likeness (QED) is 0.642. The van der Waals surface area contributed by atoms with Crippen molar-refractivity contribution in [1.82, 2.24) is 4.57 Å². The Bertz CT molecular complexity index is 1100. The molecule has 0 aliphatic rings. The second kappa shape index (κ2) is 7.80. The molecule has 0 aliphatic carbocycles. The van der Waals surface area contributed by atoms with Crippen LogP contribution in [0.1, 0.15) is 29.7 Å². The molecule has 0 saturated heterocycles. The molecular weight excluding hydrogens is 414 g/mol. The molecule has 1 atom stereocenters. The number of halogens is 3. The molecule has 0 fully saturated rings. The molecule has 5 nitrogen and oxygen atoms in total. The minimum Gasteiger partial charge on any atom is -0.480 e. The van der Waals surface area contributed by atoms with E-state index in [4.69, 9.17) is 23.2 Å². The summed E-state index contributed by atoms with van der Waals surface area (Å²) in [7, 11) is 0. The van der Waals surface area contributed by atoms with Crippen molar-refractivity contribution in [2.24, 2.45) is 4.99 Å². The van der Waals surface area contributed by atoms with Crippen LogP contribution in [0, 0.1) is 5.82 Å². The van der Waals surface area contributed by atoms with E-state index in [0.29, 0.717) is 5.52 Å². The van der Waals surface area contributed by atoms with Gasteiger partial charge in [0, 0.05) is 15.6 Å². The third-order valence-corrected chi connectivity index (χ3v) is 5.41. The Hall–Kier alpha value is -2.22. The van der Waals surface area contributed by atoms with Crippen molar-refractivity contribution in [1.29, 1.82) is 0 Å². The zero-order valence-corrected chi connectivity index (χ0v) is 16.3. The predicted molar refractivity (Wildman–Crippen MR) is 103 cm³/mol. The number of hydrogen-bond acceptors (Lipinski definition) is 3. The third-order valence-electron chi connectivity index (χ3n) is 3.90. The molecule has 0 radical (unpaired) electrons. The summed E-state index contributed by atoms with van der Waals surface area (Å²) < 4.78 is 15.8. The van der Waals surface area contributed by atoms with E-state index in [2.05, 4.69) is 4.99 Å². The maximum atomic E-state index is 14.2. The van der Waals surface area contributed by atoms with Gasteiger partial charge in [0.1, 0.15) is 11.9 Å². The Morgan fingerprint density at radius 1 is 1.26 bits per heavy atom. The molecule has 1 aromatic heterocycles. The van der Waals surface area contributed by atoms with E-state index < -0.39 is 23.7 Å². The summed E-state index contributed by atoms with van der Waals surface area (Å²) in [5, 5.41) is 10.1. The molecular formula is C18H13Cl2FN2O3S. The van der Waals surface area contributed by atoms with Crippen LogP contribution < -0.4 is 4.80 Å². The van der Waals surface area contributed by atoms with E-state index in [9.17, 15) is 19.1 Å². The highest BCUT2D eigenvalue weighted by Crippen LogP contribution is 2.25. The number of hydrogen-bond donors (Lipinski definition) is 1. The number of rotatable bonds is 4. The second-order valence-electron chi connectivity index (χ2n) is 5.68. The van der Waals surface area contributed by atoms with Crippen LogP contribution in [0.2, 0.25) is 10.0 Å². The van der Waals surface area contributed by atoms with Gasteiger partial charge in [-0.15, -0.1) is 0 Å². The number of fused-ring (bicyclic) bond motifs is 1. The highest BCUT2D eigenvalue weighted by molar-refractivity contribution is 7.16. The smallest absolute Gasteiger partial charge is 0.326 e. The van der Waals surface area contributed by atoms with Crippen molar-refractivity contribution in [3.05, 3.63) is 62.6 Å². The molecule has 0 aliphatic heterocycles. The summed E-state index contributed by atoms with van der Waals surface area (Å²) in [6, 6.07) is 7.66. The molecule has 0 saturated carbocycles. The highest BCUT2D eigenvalue weighted by Gasteiger charge is 2.23. The molecule has 140 valence electrons. The van der Waals surface area contributed by atoms with E-state index in [-0.39, 0.29) is 31.5 Å². The Morgan fingerprint density at radius 2 is 1.93 bits per heavy atom. The number of carbonyl (C=O) groups is 2. The monoisotopic (exact) mass is 426 g/mol. The van der Waals surface area contributed by atoms with Gasteiger partial charge < -0.3 is 9.67 Å². The number of carbonyl (C=O) groups excluding carboxylic acids is 1. The van der Waals surface area contributed by atoms with Crippen LogP contribution in [0.25, 0.3) is 10.2 Å².